The first-order chi connectivity index (χ1) is 11.2. The van der Waals surface area contributed by atoms with E-state index in [2.05, 4.69) is 15.3 Å². The Kier molecular flexibility index (Phi) is 4.20. The molecule has 2 aliphatic heterocycles. The van der Waals surface area contributed by atoms with Crippen LogP contribution in [0.15, 0.2) is 23.3 Å². The van der Waals surface area contributed by atoms with Gasteiger partial charge in [0.2, 0.25) is 0 Å². The van der Waals surface area contributed by atoms with Gasteiger partial charge in [-0.3, -0.25) is 9.69 Å². The third-order valence-corrected chi connectivity index (χ3v) is 3.63. The summed E-state index contributed by atoms with van der Waals surface area (Å²) in [6, 6.07) is 5.16. The molecule has 0 aliphatic carbocycles. The molecule has 1 atom stereocenters. The number of carbonyl (C=O) groups excluding carboxylic acids is 2. The van der Waals surface area contributed by atoms with E-state index in [1.807, 2.05) is 0 Å². The first kappa shape index (κ1) is 15.0. The first-order valence-corrected chi connectivity index (χ1v) is 7.23. The number of benzene rings is 1. The highest BCUT2D eigenvalue weighted by atomic mass is 16.6. The highest BCUT2D eigenvalue weighted by Crippen LogP contribution is 2.33. The van der Waals surface area contributed by atoms with Gasteiger partial charge in [0.05, 0.1) is 12.2 Å². The van der Waals surface area contributed by atoms with Crippen molar-refractivity contribution in [1.29, 1.82) is 0 Å². The predicted octanol–water partition coefficient (Wildman–Crippen LogP) is 2.43. The molecule has 0 saturated carbocycles. The van der Waals surface area contributed by atoms with Crippen molar-refractivity contribution in [3.8, 4) is 5.75 Å². The lowest BCUT2D eigenvalue weighted by Crippen LogP contribution is -2.27. The van der Waals surface area contributed by atoms with Crippen LogP contribution in [0.5, 0.6) is 5.75 Å². The molecule has 1 N–H and O–H groups in total. The minimum atomic E-state index is -0.429. The van der Waals surface area contributed by atoms with E-state index in [0.29, 0.717) is 43.1 Å². The lowest BCUT2D eigenvalue weighted by atomic mass is 10.2. The van der Waals surface area contributed by atoms with E-state index in [0.717, 1.165) is 0 Å². The number of nitrogens with zero attached hydrogens (tertiary/aromatic N) is 4. The maximum atomic E-state index is 12.0. The molecule has 2 heterocycles. The summed E-state index contributed by atoms with van der Waals surface area (Å²) >= 11 is 0. The zero-order valence-electron chi connectivity index (χ0n) is 12.3. The summed E-state index contributed by atoms with van der Waals surface area (Å²) in [5, 5.41) is 6.17. The molecule has 1 aromatic rings. The summed E-state index contributed by atoms with van der Waals surface area (Å²) in [6.45, 7) is 0.792. The highest BCUT2D eigenvalue weighted by Gasteiger charge is 2.32. The Bertz CT molecular complexity index is 686. The van der Waals surface area contributed by atoms with Gasteiger partial charge in [-0.25, -0.2) is 4.79 Å². The summed E-state index contributed by atoms with van der Waals surface area (Å²) in [5.41, 5.74) is 9.41. The van der Waals surface area contributed by atoms with Crippen molar-refractivity contribution in [3.05, 3.63) is 28.6 Å². The fraction of sp³-hybridized carbons (Fsp3) is 0.429. The number of hydrogen-bond acceptors (Lipinski definition) is 5. The Morgan fingerprint density at radius 2 is 2.30 bits per heavy atom. The van der Waals surface area contributed by atoms with E-state index in [1.54, 1.807) is 18.2 Å². The van der Waals surface area contributed by atoms with Crippen molar-refractivity contribution >= 4 is 23.4 Å². The second-order valence-electron chi connectivity index (χ2n) is 5.23. The fourth-order valence-electron chi connectivity index (χ4n) is 2.56. The molecule has 0 aromatic heterocycles. The van der Waals surface area contributed by atoms with Crippen LogP contribution < -0.4 is 15.0 Å². The van der Waals surface area contributed by atoms with Crippen molar-refractivity contribution in [3.63, 3.8) is 0 Å². The van der Waals surface area contributed by atoms with E-state index < -0.39 is 6.09 Å². The second-order valence-corrected chi connectivity index (χ2v) is 5.23. The van der Waals surface area contributed by atoms with Crippen molar-refractivity contribution in [2.24, 2.45) is 5.11 Å². The van der Waals surface area contributed by atoms with Gasteiger partial charge in [-0.2, -0.15) is 0 Å². The molecule has 120 valence electrons. The number of carbonyl (C=O) groups is 2. The number of anilines is 2. The predicted molar refractivity (Wildman–Crippen MR) is 81.4 cm³/mol. The Morgan fingerprint density at radius 1 is 1.43 bits per heavy atom. The number of hydrogen-bond donors (Lipinski definition) is 1. The zero-order chi connectivity index (χ0) is 16.2. The average Bonchev–Trinajstić information content (AvgIpc) is 2.91. The van der Waals surface area contributed by atoms with Gasteiger partial charge in [0, 0.05) is 17.1 Å². The largest absolute Gasteiger partial charge is 0.482 e. The Morgan fingerprint density at radius 3 is 3.13 bits per heavy atom. The molecule has 2 aliphatic rings. The first-order valence-electron chi connectivity index (χ1n) is 7.23. The Hall–Kier alpha value is -2.93. The van der Waals surface area contributed by atoms with Crippen LogP contribution in [0, 0.1) is 0 Å². The zero-order valence-corrected chi connectivity index (χ0v) is 12.3. The summed E-state index contributed by atoms with van der Waals surface area (Å²) in [5.74, 6) is 0.349. The van der Waals surface area contributed by atoms with E-state index in [-0.39, 0.29) is 18.6 Å². The number of rotatable bonds is 5. The summed E-state index contributed by atoms with van der Waals surface area (Å²) in [6.07, 6.45) is 0.621. The number of nitrogens with one attached hydrogen (secondary N) is 1. The van der Waals surface area contributed by atoms with Crippen LogP contribution in [0.3, 0.4) is 0 Å². The normalized spacial score (nSPS) is 19.3. The number of cyclic esters (lactones) is 1. The molecule has 0 unspecified atom stereocenters. The summed E-state index contributed by atoms with van der Waals surface area (Å²) < 4.78 is 10.6. The minimum Gasteiger partial charge on any atom is -0.482 e. The van der Waals surface area contributed by atoms with Crippen molar-refractivity contribution < 1.29 is 19.1 Å². The van der Waals surface area contributed by atoms with Crippen LogP contribution in [0.2, 0.25) is 0 Å². The maximum absolute atomic E-state index is 12.0. The fourth-order valence-corrected chi connectivity index (χ4v) is 2.56. The molecule has 0 bridgehead atoms. The number of amides is 2. The van der Waals surface area contributed by atoms with Crippen LogP contribution in [-0.2, 0) is 9.53 Å². The van der Waals surface area contributed by atoms with Gasteiger partial charge in [0.25, 0.3) is 5.91 Å². The van der Waals surface area contributed by atoms with Crippen LogP contribution in [0.1, 0.15) is 12.8 Å². The van der Waals surface area contributed by atoms with E-state index in [9.17, 15) is 9.59 Å². The molecule has 9 nitrogen and oxygen atoms in total. The Balaban J connectivity index is 1.67. The van der Waals surface area contributed by atoms with E-state index in [4.69, 9.17) is 15.0 Å². The van der Waals surface area contributed by atoms with Gasteiger partial charge in [-0.1, -0.05) is 5.11 Å². The van der Waals surface area contributed by atoms with Gasteiger partial charge in [0.1, 0.15) is 11.9 Å². The maximum Gasteiger partial charge on any atom is 0.414 e. The lowest BCUT2D eigenvalue weighted by molar-refractivity contribution is -0.118. The van der Waals surface area contributed by atoms with E-state index in [1.165, 1.54) is 4.90 Å². The number of fused-ring (bicyclic) bond motifs is 1. The molecule has 3 rings (SSSR count). The Labute approximate surface area is 131 Å². The van der Waals surface area contributed by atoms with Crippen LogP contribution >= 0.6 is 0 Å². The molecule has 9 heteroatoms. The minimum absolute atomic E-state index is 0.00858. The summed E-state index contributed by atoms with van der Waals surface area (Å²) in [4.78, 5) is 27.6. The van der Waals surface area contributed by atoms with Gasteiger partial charge < -0.3 is 14.8 Å². The summed E-state index contributed by atoms with van der Waals surface area (Å²) in [7, 11) is 0. The molecule has 2 amide bonds. The van der Waals surface area contributed by atoms with Crippen molar-refractivity contribution in [1.82, 2.24) is 0 Å². The molecule has 1 fully saturated rings. The van der Waals surface area contributed by atoms with Crippen molar-refractivity contribution in [2.45, 2.75) is 18.9 Å². The average molecular weight is 317 g/mol. The second kappa shape index (κ2) is 6.45. The monoisotopic (exact) mass is 317 g/mol. The molecular formula is C14H15N5O4. The smallest absolute Gasteiger partial charge is 0.414 e. The van der Waals surface area contributed by atoms with Gasteiger partial charge in [0.15, 0.2) is 6.61 Å². The molecule has 0 spiro atoms. The van der Waals surface area contributed by atoms with Gasteiger partial charge >= 0.3 is 6.09 Å². The molecular weight excluding hydrogens is 302 g/mol. The third kappa shape index (κ3) is 3.29. The van der Waals surface area contributed by atoms with Crippen LogP contribution in [-0.4, -0.2) is 37.8 Å². The third-order valence-electron chi connectivity index (χ3n) is 3.63. The van der Waals surface area contributed by atoms with Gasteiger partial charge in [-0.15, -0.1) is 0 Å². The standard InChI is InChI=1S/C14H15N5O4/c15-18-16-5-1-2-10-7-19(14(21)23-10)9-3-4-12-11(6-9)17-13(20)8-22-12/h3-4,6,10H,1-2,5,7-8H2,(H,17,20)/t10-/m1/s1. The van der Waals surface area contributed by atoms with Gasteiger partial charge in [-0.05, 0) is 36.6 Å². The topological polar surface area (TPSA) is 117 Å². The molecule has 0 radical (unpaired) electrons. The quantitative estimate of drug-likeness (QED) is 0.388. The number of ether oxygens (including phenoxy) is 2. The lowest BCUT2D eigenvalue weighted by Gasteiger charge is -2.20. The SMILES string of the molecule is [N-]=[N+]=NCCC[C@@H]1CN(c2ccc3c(c2)NC(=O)CO3)C(=O)O1. The molecule has 1 aromatic carbocycles. The molecule has 23 heavy (non-hydrogen) atoms. The highest BCUT2D eigenvalue weighted by molar-refractivity contribution is 5.97. The van der Waals surface area contributed by atoms with E-state index >= 15 is 0 Å². The van der Waals surface area contributed by atoms with Crippen LogP contribution in [0.25, 0.3) is 10.4 Å². The van der Waals surface area contributed by atoms with Crippen LogP contribution in [0.4, 0.5) is 16.2 Å². The van der Waals surface area contributed by atoms with Crippen molar-refractivity contribution in [2.75, 3.05) is 29.9 Å². The number of azide groups is 1. The molecule has 1 saturated heterocycles.